The molecule has 0 aromatic heterocycles. The fourth-order valence-electron chi connectivity index (χ4n) is 2.91. The van der Waals surface area contributed by atoms with Gasteiger partial charge in [0.2, 0.25) is 0 Å². The van der Waals surface area contributed by atoms with Gasteiger partial charge in [0.05, 0.1) is 5.56 Å². The third-order valence-corrected chi connectivity index (χ3v) is 4.85. The summed E-state index contributed by atoms with van der Waals surface area (Å²) in [5, 5.41) is 2.96. The van der Waals surface area contributed by atoms with E-state index in [-0.39, 0.29) is 18.0 Å². The van der Waals surface area contributed by atoms with Gasteiger partial charge in [-0.2, -0.15) is 0 Å². The Morgan fingerprint density at radius 3 is 2.41 bits per heavy atom. The van der Waals surface area contributed by atoms with Gasteiger partial charge in [-0.1, -0.05) is 23.7 Å². The molecule has 3 rings (SSSR count). The summed E-state index contributed by atoms with van der Waals surface area (Å²) < 4.78 is 13.7. The van der Waals surface area contributed by atoms with Gasteiger partial charge in [0.1, 0.15) is 5.82 Å². The normalized spacial score (nSPS) is 14.9. The van der Waals surface area contributed by atoms with Crippen LogP contribution < -0.4 is 5.32 Å². The molecule has 2 aromatic rings. The molecule has 7 heteroatoms. The molecule has 1 fully saturated rings. The van der Waals surface area contributed by atoms with E-state index < -0.39 is 11.7 Å². The summed E-state index contributed by atoms with van der Waals surface area (Å²) in [6.07, 6.45) is 0. The Morgan fingerprint density at radius 2 is 1.74 bits per heavy atom. The molecule has 2 aromatic carbocycles. The molecule has 1 saturated heterocycles. The molecule has 0 saturated carbocycles. The zero-order chi connectivity index (χ0) is 19.4. The van der Waals surface area contributed by atoms with E-state index in [0.29, 0.717) is 10.6 Å². The SMILES string of the molecule is CN1CCN(C(=O)c2ccc(CNC(=O)c3cc(Cl)ccc3F)cc2)CC1. The maximum atomic E-state index is 13.7. The van der Waals surface area contributed by atoms with Gasteiger partial charge >= 0.3 is 0 Å². The van der Waals surface area contributed by atoms with E-state index >= 15 is 0 Å². The maximum Gasteiger partial charge on any atom is 0.254 e. The molecule has 1 N–H and O–H groups in total. The predicted molar refractivity (Wildman–Crippen MR) is 102 cm³/mol. The first-order valence-corrected chi connectivity index (χ1v) is 9.12. The number of carbonyl (C=O) groups is 2. The van der Waals surface area contributed by atoms with Crippen molar-refractivity contribution >= 4 is 23.4 Å². The quantitative estimate of drug-likeness (QED) is 0.874. The smallest absolute Gasteiger partial charge is 0.254 e. The first-order valence-electron chi connectivity index (χ1n) is 8.74. The van der Waals surface area contributed by atoms with Crippen LogP contribution in [0.3, 0.4) is 0 Å². The lowest BCUT2D eigenvalue weighted by Gasteiger charge is -2.32. The Kier molecular flexibility index (Phi) is 6.08. The van der Waals surface area contributed by atoms with Crippen LogP contribution in [0.15, 0.2) is 42.5 Å². The number of halogens is 2. The van der Waals surface area contributed by atoms with Crippen LogP contribution in [0.2, 0.25) is 5.02 Å². The Morgan fingerprint density at radius 1 is 1.07 bits per heavy atom. The van der Waals surface area contributed by atoms with Gasteiger partial charge < -0.3 is 15.1 Å². The van der Waals surface area contributed by atoms with Crippen molar-refractivity contribution in [2.24, 2.45) is 0 Å². The highest BCUT2D eigenvalue weighted by molar-refractivity contribution is 6.31. The number of amides is 2. The lowest BCUT2D eigenvalue weighted by atomic mass is 10.1. The zero-order valence-corrected chi connectivity index (χ0v) is 15.8. The number of nitrogens with one attached hydrogen (secondary N) is 1. The van der Waals surface area contributed by atoms with Gasteiger partial charge in [0, 0.05) is 43.3 Å². The summed E-state index contributed by atoms with van der Waals surface area (Å²) in [7, 11) is 2.04. The van der Waals surface area contributed by atoms with Crippen LogP contribution in [-0.4, -0.2) is 54.8 Å². The highest BCUT2D eigenvalue weighted by atomic mass is 35.5. The number of hydrogen-bond donors (Lipinski definition) is 1. The van der Waals surface area contributed by atoms with E-state index in [9.17, 15) is 14.0 Å². The third-order valence-electron chi connectivity index (χ3n) is 4.62. The van der Waals surface area contributed by atoms with Crippen LogP contribution in [0.1, 0.15) is 26.3 Å². The average Bonchev–Trinajstić information content (AvgIpc) is 2.68. The standard InChI is InChI=1S/C20H21ClFN3O2/c1-24-8-10-25(11-9-24)20(27)15-4-2-14(3-5-15)13-23-19(26)17-12-16(21)6-7-18(17)22/h2-7,12H,8-11,13H2,1H3,(H,23,26). The van der Waals surface area contributed by atoms with E-state index in [2.05, 4.69) is 10.2 Å². The molecule has 0 bridgehead atoms. The Labute approximate surface area is 162 Å². The largest absolute Gasteiger partial charge is 0.348 e. The van der Waals surface area contributed by atoms with Crippen molar-refractivity contribution in [1.29, 1.82) is 0 Å². The molecule has 0 spiro atoms. The summed E-state index contributed by atoms with van der Waals surface area (Å²) in [6.45, 7) is 3.41. The molecule has 0 atom stereocenters. The first kappa shape index (κ1) is 19.3. The molecular formula is C20H21ClFN3O2. The second-order valence-electron chi connectivity index (χ2n) is 6.60. The summed E-state index contributed by atoms with van der Waals surface area (Å²) in [5.74, 6) is -1.14. The van der Waals surface area contributed by atoms with Crippen LogP contribution >= 0.6 is 11.6 Å². The molecule has 1 aliphatic rings. The Bertz CT molecular complexity index is 834. The van der Waals surface area contributed by atoms with E-state index in [4.69, 9.17) is 11.6 Å². The van der Waals surface area contributed by atoms with Crippen molar-refractivity contribution in [3.63, 3.8) is 0 Å². The third kappa shape index (κ3) is 4.84. The minimum absolute atomic E-state index is 0.0136. The van der Waals surface area contributed by atoms with Gasteiger partial charge in [-0.25, -0.2) is 4.39 Å². The monoisotopic (exact) mass is 389 g/mol. The van der Waals surface area contributed by atoms with E-state index in [1.165, 1.54) is 12.1 Å². The Hall–Kier alpha value is -2.44. The number of carbonyl (C=O) groups excluding carboxylic acids is 2. The van der Waals surface area contributed by atoms with Crippen LogP contribution in [0.4, 0.5) is 4.39 Å². The second kappa shape index (κ2) is 8.50. The summed E-state index contributed by atoms with van der Waals surface area (Å²) >= 11 is 5.81. The fourth-order valence-corrected chi connectivity index (χ4v) is 3.08. The Balaban J connectivity index is 1.58. The molecule has 1 heterocycles. The molecule has 142 valence electrons. The number of piperazine rings is 1. The van der Waals surface area contributed by atoms with Crippen LogP contribution in [0.25, 0.3) is 0 Å². The van der Waals surface area contributed by atoms with Crippen molar-refractivity contribution < 1.29 is 14.0 Å². The van der Waals surface area contributed by atoms with Crippen LogP contribution in [0, 0.1) is 5.82 Å². The van der Waals surface area contributed by atoms with E-state index in [0.717, 1.165) is 37.8 Å². The predicted octanol–water partition coefficient (Wildman–Crippen LogP) is 2.80. The molecule has 2 amide bonds. The lowest BCUT2D eigenvalue weighted by Crippen LogP contribution is -2.47. The van der Waals surface area contributed by atoms with Crippen molar-refractivity contribution in [1.82, 2.24) is 15.1 Å². The number of likely N-dealkylation sites (N-methyl/N-ethyl adjacent to an activating group) is 1. The van der Waals surface area contributed by atoms with Gasteiger partial charge in [-0.05, 0) is 42.9 Å². The van der Waals surface area contributed by atoms with Crippen LogP contribution in [0.5, 0.6) is 0 Å². The number of rotatable bonds is 4. The van der Waals surface area contributed by atoms with E-state index in [1.807, 2.05) is 11.9 Å². The van der Waals surface area contributed by atoms with Crippen molar-refractivity contribution in [2.75, 3.05) is 33.2 Å². The number of hydrogen-bond acceptors (Lipinski definition) is 3. The summed E-state index contributed by atoms with van der Waals surface area (Å²) in [5.41, 5.74) is 1.35. The highest BCUT2D eigenvalue weighted by Gasteiger charge is 2.20. The lowest BCUT2D eigenvalue weighted by molar-refractivity contribution is 0.0664. The molecule has 0 unspecified atom stereocenters. The van der Waals surface area contributed by atoms with Crippen molar-refractivity contribution in [3.05, 3.63) is 70.0 Å². The molecule has 27 heavy (non-hydrogen) atoms. The van der Waals surface area contributed by atoms with Crippen molar-refractivity contribution in [2.45, 2.75) is 6.54 Å². The van der Waals surface area contributed by atoms with E-state index in [1.54, 1.807) is 24.3 Å². The molecule has 1 aliphatic heterocycles. The topological polar surface area (TPSA) is 52.6 Å². The van der Waals surface area contributed by atoms with Crippen molar-refractivity contribution in [3.8, 4) is 0 Å². The summed E-state index contributed by atoms with van der Waals surface area (Å²) in [4.78, 5) is 28.7. The van der Waals surface area contributed by atoms with Gasteiger partial charge in [0.25, 0.3) is 11.8 Å². The summed E-state index contributed by atoms with van der Waals surface area (Å²) in [6, 6.07) is 10.9. The van der Waals surface area contributed by atoms with Crippen LogP contribution in [-0.2, 0) is 6.54 Å². The van der Waals surface area contributed by atoms with Gasteiger partial charge in [-0.3, -0.25) is 9.59 Å². The first-order chi connectivity index (χ1) is 12.9. The average molecular weight is 390 g/mol. The molecule has 0 radical (unpaired) electrons. The molecule has 0 aliphatic carbocycles. The second-order valence-corrected chi connectivity index (χ2v) is 7.04. The zero-order valence-electron chi connectivity index (χ0n) is 15.0. The van der Waals surface area contributed by atoms with Gasteiger partial charge in [-0.15, -0.1) is 0 Å². The minimum Gasteiger partial charge on any atom is -0.348 e. The highest BCUT2D eigenvalue weighted by Crippen LogP contribution is 2.15. The minimum atomic E-state index is -0.620. The fraction of sp³-hybridized carbons (Fsp3) is 0.300. The van der Waals surface area contributed by atoms with Gasteiger partial charge in [0.15, 0.2) is 0 Å². The molecular weight excluding hydrogens is 369 g/mol. The number of nitrogens with zero attached hydrogens (tertiary/aromatic N) is 2. The number of benzene rings is 2. The maximum absolute atomic E-state index is 13.7. The molecule has 5 nitrogen and oxygen atoms in total.